The molecule has 3 atom stereocenters. The van der Waals surface area contributed by atoms with Crippen molar-refractivity contribution in [1.82, 2.24) is 9.55 Å². The van der Waals surface area contributed by atoms with Gasteiger partial charge < -0.3 is 10.3 Å². The Labute approximate surface area is 99.7 Å². The van der Waals surface area contributed by atoms with E-state index in [4.69, 9.17) is 5.73 Å². The minimum absolute atomic E-state index is 0.0462. The van der Waals surface area contributed by atoms with Crippen LogP contribution < -0.4 is 5.73 Å². The van der Waals surface area contributed by atoms with Gasteiger partial charge in [-0.15, -0.1) is 0 Å². The average Bonchev–Trinajstić information content (AvgIpc) is 2.72. The van der Waals surface area contributed by atoms with Gasteiger partial charge in [-0.25, -0.2) is 4.98 Å². The summed E-state index contributed by atoms with van der Waals surface area (Å²) < 4.78 is 13.3. The predicted octanol–water partition coefficient (Wildman–Crippen LogP) is 1.45. The van der Waals surface area contributed by atoms with Crippen molar-refractivity contribution < 1.29 is 4.21 Å². The van der Waals surface area contributed by atoms with Crippen molar-refractivity contribution in [3.05, 3.63) is 18.2 Å². The van der Waals surface area contributed by atoms with E-state index in [0.717, 1.165) is 25.1 Å². The summed E-state index contributed by atoms with van der Waals surface area (Å²) in [5.74, 6) is 0. The largest absolute Gasteiger partial charge is 0.333 e. The summed E-state index contributed by atoms with van der Waals surface area (Å²) in [5, 5.41) is 0.216. The van der Waals surface area contributed by atoms with Gasteiger partial charge in [0.1, 0.15) is 0 Å². The van der Waals surface area contributed by atoms with E-state index in [9.17, 15) is 4.21 Å². The van der Waals surface area contributed by atoms with Crippen LogP contribution in [-0.2, 0) is 17.3 Å². The number of aromatic nitrogens is 2. The fraction of sp³-hybridized carbons (Fsp3) is 0.727. The molecule has 0 saturated carbocycles. The molecule has 0 fully saturated rings. The van der Waals surface area contributed by atoms with Crippen molar-refractivity contribution in [1.29, 1.82) is 0 Å². The van der Waals surface area contributed by atoms with Gasteiger partial charge in [0.2, 0.25) is 0 Å². The van der Waals surface area contributed by atoms with Gasteiger partial charge in [-0.1, -0.05) is 13.8 Å². The molecule has 0 amide bonds. The number of hydrogen-bond acceptors (Lipinski definition) is 3. The number of nitrogens with zero attached hydrogens (tertiary/aromatic N) is 2. The molecular formula is C11H21N3OS. The van der Waals surface area contributed by atoms with Crippen LogP contribution in [0.15, 0.2) is 12.5 Å². The van der Waals surface area contributed by atoms with E-state index >= 15 is 0 Å². The molecule has 0 saturated heterocycles. The molecule has 0 aliphatic carbocycles. The van der Waals surface area contributed by atoms with Crippen LogP contribution in [0.25, 0.3) is 0 Å². The first-order valence-electron chi connectivity index (χ1n) is 5.64. The third-order valence-corrected chi connectivity index (χ3v) is 4.28. The highest BCUT2D eigenvalue weighted by atomic mass is 32.2. The first-order valence-corrected chi connectivity index (χ1v) is 7.26. The lowest BCUT2D eigenvalue weighted by molar-refractivity contribution is 0.562. The Balaban J connectivity index is 2.60. The molecule has 1 aromatic rings. The zero-order valence-electron chi connectivity index (χ0n) is 10.2. The summed E-state index contributed by atoms with van der Waals surface area (Å²) in [6.07, 6.45) is 7.17. The maximum atomic E-state index is 11.2. The smallest absolute Gasteiger partial charge is 0.0948 e. The van der Waals surface area contributed by atoms with E-state index in [0.29, 0.717) is 0 Å². The van der Waals surface area contributed by atoms with Crippen LogP contribution in [0.4, 0.5) is 0 Å². The Hall–Kier alpha value is -0.680. The zero-order chi connectivity index (χ0) is 12.1. The first kappa shape index (κ1) is 13.4. The fourth-order valence-corrected chi connectivity index (χ4v) is 1.96. The molecule has 92 valence electrons. The molecule has 4 nitrogen and oxygen atoms in total. The highest BCUT2D eigenvalue weighted by molar-refractivity contribution is 7.84. The van der Waals surface area contributed by atoms with E-state index in [1.165, 1.54) is 0 Å². The molecule has 0 bridgehead atoms. The Morgan fingerprint density at radius 3 is 2.88 bits per heavy atom. The van der Waals surface area contributed by atoms with Gasteiger partial charge in [-0.3, -0.25) is 4.21 Å². The minimum atomic E-state index is -0.756. The van der Waals surface area contributed by atoms with Gasteiger partial charge in [0.05, 0.1) is 12.0 Å². The van der Waals surface area contributed by atoms with E-state index in [1.54, 1.807) is 12.6 Å². The quantitative estimate of drug-likeness (QED) is 0.822. The lowest BCUT2D eigenvalue weighted by atomic mass is 10.2. The molecule has 0 radical (unpaired) electrons. The summed E-state index contributed by atoms with van der Waals surface area (Å²) in [5.41, 5.74) is 7.05. The van der Waals surface area contributed by atoms with Crippen molar-refractivity contribution in [2.45, 2.75) is 44.5 Å². The van der Waals surface area contributed by atoms with Crippen LogP contribution in [0.5, 0.6) is 0 Å². The second-order valence-corrected chi connectivity index (χ2v) is 5.93. The van der Waals surface area contributed by atoms with Gasteiger partial charge in [0.15, 0.2) is 0 Å². The minimum Gasteiger partial charge on any atom is -0.333 e. The summed E-state index contributed by atoms with van der Waals surface area (Å²) in [4.78, 5) is 4.12. The van der Waals surface area contributed by atoms with E-state index < -0.39 is 10.8 Å². The normalized spacial score (nSPS) is 17.0. The van der Waals surface area contributed by atoms with Gasteiger partial charge in [-0.2, -0.15) is 0 Å². The number of hydrogen-bond donors (Lipinski definition) is 1. The lowest BCUT2D eigenvalue weighted by Crippen LogP contribution is -2.17. The SMILES string of the molecule is CC[C@@H](N)c1cncn1CCC(C)S(C)=O. The van der Waals surface area contributed by atoms with Crippen LogP contribution in [0.3, 0.4) is 0 Å². The van der Waals surface area contributed by atoms with Gasteiger partial charge >= 0.3 is 0 Å². The average molecular weight is 243 g/mol. The van der Waals surface area contributed by atoms with Gasteiger partial charge in [0.25, 0.3) is 0 Å². The van der Waals surface area contributed by atoms with Crippen molar-refractivity contribution in [2.24, 2.45) is 5.73 Å². The van der Waals surface area contributed by atoms with Gasteiger partial charge in [-0.05, 0) is 12.8 Å². The number of rotatable bonds is 6. The summed E-state index contributed by atoms with van der Waals surface area (Å²) in [6, 6.07) is 0.0462. The molecule has 0 aromatic carbocycles. The predicted molar refractivity (Wildman–Crippen MR) is 67.6 cm³/mol. The highest BCUT2D eigenvalue weighted by Gasteiger charge is 2.11. The Morgan fingerprint density at radius 2 is 2.31 bits per heavy atom. The number of imidazole rings is 1. The van der Waals surface area contributed by atoms with Crippen molar-refractivity contribution >= 4 is 10.8 Å². The highest BCUT2D eigenvalue weighted by Crippen LogP contribution is 2.14. The first-order chi connectivity index (χ1) is 7.56. The second-order valence-electron chi connectivity index (χ2n) is 4.12. The molecule has 1 aromatic heterocycles. The standard InChI is InChI=1S/C11H21N3OS/c1-4-10(12)11-7-13-8-14(11)6-5-9(2)16(3)15/h7-10H,4-6,12H2,1-3H3/t9?,10-,16?/m1/s1. The number of nitrogens with two attached hydrogens (primary N) is 1. The van der Waals surface area contributed by atoms with Gasteiger partial charge in [0, 0.05) is 41.1 Å². The van der Waals surface area contributed by atoms with Crippen molar-refractivity contribution in [3.63, 3.8) is 0 Å². The number of aryl methyl sites for hydroxylation is 1. The topological polar surface area (TPSA) is 60.9 Å². The van der Waals surface area contributed by atoms with Crippen molar-refractivity contribution in [3.8, 4) is 0 Å². The maximum absolute atomic E-state index is 11.2. The molecule has 16 heavy (non-hydrogen) atoms. The molecule has 1 heterocycles. The molecule has 0 aliphatic rings. The van der Waals surface area contributed by atoms with Crippen LogP contribution in [0, 0.1) is 0 Å². The van der Waals surface area contributed by atoms with Crippen LogP contribution in [0.2, 0.25) is 0 Å². The van der Waals surface area contributed by atoms with E-state index in [-0.39, 0.29) is 11.3 Å². The van der Waals surface area contributed by atoms with Crippen LogP contribution in [0.1, 0.15) is 38.4 Å². The Morgan fingerprint density at radius 1 is 1.62 bits per heavy atom. The lowest BCUT2D eigenvalue weighted by Gasteiger charge is -2.14. The Bertz CT molecular complexity index is 351. The summed E-state index contributed by atoms with van der Waals surface area (Å²) in [6.45, 7) is 4.90. The third kappa shape index (κ3) is 3.42. The zero-order valence-corrected chi connectivity index (χ0v) is 11.0. The molecule has 0 spiro atoms. The maximum Gasteiger partial charge on any atom is 0.0948 e. The fourth-order valence-electron chi connectivity index (χ4n) is 1.52. The van der Waals surface area contributed by atoms with E-state index in [1.807, 2.05) is 13.1 Å². The van der Waals surface area contributed by atoms with Crippen molar-refractivity contribution in [2.75, 3.05) is 6.26 Å². The van der Waals surface area contributed by atoms with E-state index in [2.05, 4.69) is 16.5 Å². The third-order valence-electron chi connectivity index (χ3n) is 2.91. The molecule has 2 N–H and O–H groups in total. The molecule has 5 heteroatoms. The molecule has 0 aliphatic heterocycles. The van der Waals surface area contributed by atoms with Crippen LogP contribution in [-0.4, -0.2) is 25.3 Å². The Kier molecular flexibility index (Phi) is 5.15. The molecule has 2 unspecified atom stereocenters. The summed E-state index contributed by atoms with van der Waals surface area (Å²) >= 11 is 0. The summed E-state index contributed by atoms with van der Waals surface area (Å²) in [7, 11) is -0.756. The molecular weight excluding hydrogens is 222 g/mol. The second kappa shape index (κ2) is 6.15. The molecule has 1 rings (SSSR count). The van der Waals surface area contributed by atoms with Crippen LogP contribution >= 0.6 is 0 Å². The monoisotopic (exact) mass is 243 g/mol.